The van der Waals surface area contributed by atoms with Gasteiger partial charge in [-0.25, -0.2) is 0 Å². The van der Waals surface area contributed by atoms with E-state index in [0.29, 0.717) is 6.42 Å². The van der Waals surface area contributed by atoms with Crippen molar-refractivity contribution >= 4 is 52.4 Å². The van der Waals surface area contributed by atoms with E-state index < -0.39 is 9.76 Å². The summed E-state index contributed by atoms with van der Waals surface area (Å²) in [6.07, 6.45) is 2.99. The van der Waals surface area contributed by atoms with Crippen molar-refractivity contribution in [1.29, 1.82) is 0 Å². The Labute approximate surface area is 103 Å². The summed E-state index contributed by atoms with van der Waals surface area (Å²) in [5.41, 5.74) is 0. The van der Waals surface area contributed by atoms with Crippen LogP contribution in [0.4, 0.5) is 0 Å². The third-order valence-electron chi connectivity index (χ3n) is 1.22. The quantitative estimate of drug-likeness (QED) is 0.439. The molecule has 0 aliphatic heterocycles. The molecule has 82 valence electrons. The summed E-state index contributed by atoms with van der Waals surface area (Å²) in [6.45, 7) is 1.96. The van der Waals surface area contributed by atoms with E-state index in [9.17, 15) is 4.79 Å². The van der Waals surface area contributed by atoms with Crippen molar-refractivity contribution in [3.63, 3.8) is 0 Å². The number of hydrogen-bond donors (Lipinski definition) is 0. The number of hydrogen-bond acceptors (Lipinski definition) is 2. The number of allylic oxidation sites excluding steroid dienone is 1. The topological polar surface area (TPSA) is 26.3 Å². The average Bonchev–Trinajstić information content (AvgIpc) is 1.96. The third kappa shape index (κ3) is 8.95. The van der Waals surface area contributed by atoms with Crippen molar-refractivity contribution in [3.05, 3.63) is 11.3 Å². The van der Waals surface area contributed by atoms with Gasteiger partial charge in [0.15, 0.2) is 5.22 Å². The lowest BCUT2D eigenvalue weighted by molar-refractivity contribution is -0.138. The molecule has 0 radical (unpaired) electrons. The minimum atomic E-state index is -1.65. The van der Waals surface area contributed by atoms with Gasteiger partial charge in [0.25, 0.3) is 0 Å². The molecule has 6 heteroatoms. The van der Waals surface area contributed by atoms with E-state index in [1.165, 1.54) is 0 Å². The predicted molar refractivity (Wildman–Crippen MR) is 59.8 cm³/mol. The van der Waals surface area contributed by atoms with Crippen LogP contribution in [0.3, 0.4) is 0 Å². The van der Waals surface area contributed by atoms with Crippen LogP contribution in [0, 0.1) is 0 Å². The van der Waals surface area contributed by atoms with Gasteiger partial charge in [-0.2, -0.15) is 0 Å². The molecule has 0 saturated heterocycles. The summed E-state index contributed by atoms with van der Waals surface area (Å²) in [7, 11) is 0. The van der Waals surface area contributed by atoms with Crippen molar-refractivity contribution in [2.24, 2.45) is 0 Å². The first-order valence-corrected chi connectivity index (χ1v) is 5.52. The molecular formula is C8H10Cl4O2. The predicted octanol–water partition coefficient (Wildman–Crippen LogP) is 4.17. The molecule has 0 aliphatic rings. The molecular weight excluding hydrogens is 270 g/mol. The maximum Gasteiger partial charge on any atom is 0.312 e. The van der Waals surface area contributed by atoms with Crippen LogP contribution in [0.15, 0.2) is 11.3 Å². The highest BCUT2D eigenvalue weighted by molar-refractivity contribution is 6.69. The minimum absolute atomic E-state index is 0.217. The molecule has 0 heterocycles. The van der Waals surface area contributed by atoms with Gasteiger partial charge in [0, 0.05) is 12.5 Å². The van der Waals surface area contributed by atoms with Gasteiger partial charge in [-0.05, 0) is 18.0 Å². The smallest absolute Gasteiger partial charge is 0.312 e. The summed E-state index contributed by atoms with van der Waals surface area (Å²) < 4.78 is 3.01. The molecule has 0 spiro atoms. The number of carbonyl (C=O) groups excluding carboxylic acids is 1. The highest BCUT2D eigenvalue weighted by Crippen LogP contribution is 2.30. The van der Waals surface area contributed by atoms with Crippen LogP contribution in [0.1, 0.15) is 26.2 Å². The van der Waals surface area contributed by atoms with E-state index in [1.807, 2.05) is 6.92 Å². The van der Waals surface area contributed by atoms with Crippen molar-refractivity contribution in [2.75, 3.05) is 0 Å². The van der Waals surface area contributed by atoms with E-state index >= 15 is 0 Å². The lowest BCUT2D eigenvalue weighted by atomic mass is 10.3. The van der Waals surface area contributed by atoms with E-state index in [2.05, 4.69) is 4.74 Å². The standard InChI is InChI=1S/C8H10Cl4O2/c1-2-3-4-7(13)14-6(9)5-8(10,11)12/h5H,2-4H2,1H3/b6-5-. The molecule has 0 aromatic heterocycles. The van der Waals surface area contributed by atoms with Gasteiger partial charge < -0.3 is 4.74 Å². The Morgan fingerprint density at radius 2 is 2.00 bits per heavy atom. The lowest BCUT2D eigenvalue weighted by Gasteiger charge is -2.06. The molecule has 0 atom stereocenters. The van der Waals surface area contributed by atoms with E-state index in [0.717, 1.165) is 18.9 Å². The van der Waals surface area contributed by atoms with E-state index in [-0.39, 0.29) is 5.22 Å². The Morgan fingerprint density at radius 3 is 2.43 bits per heavy atom. The number of alkyl halides is 3. The average molecular weight is 280 g/mol. The number of rotatable bonds is 4. The summed E-state index contributed by atoms with van der Waals surface area (Å²) in [5.74, 6) is -0.428. The summed E-state index contributed by atoms with van der Waals surface area (Å²) in [6, 6.07) is 0. The molecule has 0 bridgehead atoms. The molecule has 0 rings (SSSR count). The van der Waals surface area contributed by atoms with E-state index in [1.54, 1.807) is 0 Å². The second kappa shape index (κ2) is 6.78. The van der Waals surface area contributed by atoms with Gasteiger partial charge in [-0.15, -0.1) is 0 Å². The zero-order chi connectivity index (χ0) is 11.2. The van der Waals surface area contributed by atoms with Crippen molar-refractivity contribution in [3.8, 4) is 0 Å². The Morgan fingerprint density at radius 1 is 1.43 bits per heavy atom. The molecule has 0 aliphatic carbocycles. The van der Waals surface area contributed by atoms with Crippen LogP contribution in [0.25, 0.3) is 0 Å². The number of unbranched alkanes of at least 4 members (excludes halogenated alkanes) is 1. The maximum absolute atomic E-state index is 11.0. The first kappa shape index (κ1) is 14.4. The van der Waals surface area contributed by atoms with Gasteiger partial charge in [0.2, 0.25) is 3.79 Å². The van der Waals surface area contributed by atoms with Crippen molar-refractivity contribution in [1.82, 2.24) is 0 Å². The Kier molecular flexibility index (Phi) is 6.96. The van der Waals surface area contributed by atoms with Gasteiger partial charge in [-0.3, -0.25) is 4.79 Å². The zero-order valence-corrected chi connectivity index (χ0v) is 10.6. The fourth-order valence-corrected chi connectivity index (χ4v) is 1.35. The molecule has 0 amide bonds. The van der Waals surface area contributed by atoms with Crippen LogP contribution in [0.2, 0.25) is 0 Å². The van der Waals surface area contributed by atoms with E-state index in [4.69, 9.17) is 46.4 Å². The molecule has 0 N–H and O–H groups in total. The van der Waals surface area contributed by atoms with Crippen molar-refractivity contribution < 1.29 is 9.53 Å². The van der Waals surface area contributed by atoms with Crippen LogP contribution < -0.4 is 0 Å². The van der Waals surface area contributed by atoms with Crippen LogP contribution >= 0.6 is 46.4 Å². The highest BCUT2D eigenvalue weighted by Gasteiger charge is 2.18. The molecule has 0 aromatic carbocycles. The lowest BCUT2D eigenvalue weighted by Crippen LogP contribution is -2.04. The highest BCUT2D eigenvalue weighted by atomic mass is 35.6. The second-order valence-electron chi connectivity index (χ2n) is 2.57. The SMILES string of the molecule is CCCCC(=O)O/C(Cl)=C\C(Cl)(Cl)Cl. The zero-order valence-electron chi connectivity index (χ0n) is 7.53. The number of halogens is 4. The second-order valence-corrected chi connectivity index (χ2v) is 5.31. The van der Waals surface area contributed by atoms with Gasteiger partial charge in [0.05, 0.1) is 0 Å². The third-order valence-corrected chi connectivity index (χ3v) is 1.74. The number of carbonyl (C=O) groups is 1. The molecule has 0 unspecified atom stereocenters. The van der Waals surface area contributed by atoms with Gasteiger partial charge >= 0.3 is 5.97 Å². The van der Waals surface area contributed by atoms with Gasteiger partial charge in [-0.1, -0.05) is 48.1 Å². The number of ether oxygens (including phenoxy) is 1. The molecule has 0 saturated carbocycles. The fraction of sp³-hybridized carbons (Fsp3) is 0.625. The largest absolute Gasteiger partial charge is 0.414 e. The number of esters is 1. The van der Waals surface area contributed by atoms with Crippen LogP contribution in [0.5, 0.6) is 0 Å². The summed E-state index contributed by atoms with van der Waals surface area (Å²) in [5, 5.41) is -0.217. The molecule has 0 aromatic rings. The Balaban J connectivity index is 3.99. The normalized spacial score (nSPS) is 12.8. The van der Waals surface area contributed by atoms with Crippen LogP contribution in [-0.4, -0.2) is 9.76 Å². The molecule has 14 heavy (non-hydrogen) atoms. The van der Waals surface area contributed by atoms with Crippen LogP contribution in [-0.2, 0) is 9.53 Å². The van der Waals surface area contributed by atoms with Crippen molar-refractivity contribution in [2.45, 2.75) is 30.0 Å². The molecule has 2 nitrogen and oxygen atoms in total. The minimum Gasteiger partial charge on any atom is -0.414 e. The summed E-state index contributed by atoms with van der Waals surface area (Å²) in [4.78, 5) is 11.0. The van der Waals surface area contributed by atoms with Gasteiger partial charge in [0.1, 0.15) is 0 Å². The fourth-order valence-electron chi connectivity index (χ4n) is 0.639. The summed E-state index contributed by atoms with van der Waals surface area (Å²) >= 11 is 21.7. The Bertz CT molecular complexity index is 220. The first-order chi connectivity index (χ1) is 6.35. The Hall–Kier alpha value is 0.370. The monoisotopic (exact) mass is 278 g/mol. The first-order valence-electron chi connectivity index (χ1n) is 4.01. The maximum atomic E-state index is 11.0. The molecule has 0 fully saturated rings.